The maximum absolute atomic E-state index is 12.5. The van der Waals surface area contributed by atoms with Crippen molar-refractivity contribution in [2.75, 3.05) is 0 Å². The van der Waals surface area contributed by atoms with Crippen LogP contribution in [-0.2, 0) is 0 Å². The molecule has 1 aliphatic rings. The number of hydrogen-bond acceptors (Lipinski definition) is 2. The van der Waals surface area contributed by atoms with Crippen LogP contribution in [0.4, 0.5) is 0 Å². The number of rotatable bonds is 2. The van der Waals surface area contributed by atoms with Gasteiger partial charge in [-0.15, -0.1) is 0 Å². The number of carbonyl (C=O) groups excluding carboxylic acids is 1. The number of halogens is 1. The first-order valence-corrected chi connectivity index (χ1v) is 7.40. The van der Waals surface area contributed by atoms with E-state index in [1.807, 2.05) is 0 Å². The number of aromatic amines is 2. The molecule has 0 saturated heterocycles. The first-order valence-electron chi connectivity index (χ1n) is 6.61. The van der Waals surface area contributed by atoms with Crippen molar-refractivity contribution in [3.8, 4) is 0 Å². The van der Waals surface area contributed by atoms with E-state index in [0.717, 1.165) is 35.7 Å². The fourth-order valence-corrected chi connectivity index (χ4v) is 3.37. The van der Waals surface area contributed by atoms with E-state index in [1.54, 1.807) is 12.1 Å². The highest BCUT2D eigenvalue weighted by Crippen LogP contribution is 2.30. The van der Waals surface area contributed by atoms with Crippen molar-refractivity contribution in [3.63, 3.8) is 0 Å². The van der Waals surface area contributed by atoms with Gasteiger partial charge in [0.25, 0.3) is 0 Å². The molecular formula is C14H15BrN2O2. The maximum atomic E-state index is 12.5. The van der Waals surface area contributed by atoms with Gasteiger partial charge in [0.2, 0.25) is 0 Å². The van der Waals surface area contributed by atoms with Gasteiger partial charge in [-0.3, -0.25) is 4.79 Å². The van der Waals surface area contributed by atoms with E-state index in [2.05, 4.69) is 25.9 Å². The van der Waals surface area contributed by atoms with Crippen LogP contribution in [0.3, 0.4) is 0 Å². The molecule has 1 aliphatic carbocycles. The Balaban J connectivity index is 2.01. The van der Waals surface area contributed by atoms with Gasteiger partial charge in [0.15, 0.2) is 5.78 Å². The largest absolute Gasteiger partial charge is 0.323 e. The predicted molar refractivity (Wildman–Crippen MR) is 77.5 cm³/mol. The van der Waals surface area contributed by atoms with Crippen molar-refractivity contribution in [1.82, 2.24) is 9.97 Å². The minimum Gasteiger partial charge on any atom is -0.306 e. The zero-order valence-corrected chi connectivity index (χ0v) is 12.0. The van der Waals surface area contributed by atoms with Gasteiger partial charge in [0, 0.05) is 16.0 Å². The standard InChI is InChI=1S/C14H15BrN2O2/c15-10-7-12-11(16-14(19)17-12)6-9(10)13(18)8-4-2-1-3-5-8/h6-8H,1-5H2,(H2,16,17,19). The molecule has 0 atom stereocenters. The van der Waals surface area contributed by atoms with E-state index in [1.165, 1.54) is 6.42 Å². The summed E-state index contributed by atoms with van der Waals surface area (Å²) in [5.41, 5.74) is 1.84. The number of Topliss-reactive ketones (excluding diaryl/α,β-unsaturated/α-hetero) is 1. The van der Waals surface area contributed by atoms with E-state index in [0.29, 0.717) is 11.1 Å². The van der Waals surface area contributed by atoms with Gasteiger partial charge in [-0.25, -0.2) is 4.79 Å². The second kappa shape index (κ2) is 4.96. The zero-order valence-electron chi connectivity index (χ0n) is 10.5. The van der Waals surface area contributed by atoms with Crippen LogP contribution in [0.5, 0.6) is 0 Å². The molecule has 0 spiro atoms. The van der Waals surface area contributed by atoms with Gasteiger partial charge in [-0.2, -0.15) is 0 Å². The Kier molecular flexibility index (Phi) is 3.31. The van der Waals surface area contributed by atoms with Crippen LogP contribution in [0.25, 0.3) is 11.0 Å². The summed E-state index contributed by atoms with van der Waals surface area (Å²) >= 11 is 3.44. The number of aromatic nitrogens is 2. The predicted octanol–water partition coefficient (Wildman–Crippen LogP) is 3.38. The minimum absolute atomic E-state index is 0.133. The minimum atomic E-state index is -0.246. The molecule has 1 saturated carbocycles. The lowest BCUT2D eigenvalue weighted by Gasteiger charge is -2.20. The van der Waals surface area contributed by atoms with E-state index >= 15 is 0 Å². The molecule has 5 heteroatoms. The molecule has 2 aromatic rings. The van der Waals surface area contributed by atoms with Gasteiger partial charge in [0.1, 0.15) is 0 Å². The van der Waals surface area contributed by atoms with Gasteiger partial charge < -0.3 is 9.97 Å². The molecule has 3 rings (SSSR count). The SMILES string of the molecule is O=C(c1cc2[nH]c(=O)[nH]c2cc1Br)C1CCCCC1. The number of carbonyl (C=O) groups is 1. The molecule has 0 amide bonds. The second-order valence-corrected chi connectivity index (χ2v) is 6.01. The molecule has 0 unspecified atom stereocenters. The smallest absolute Gasteiger partial charge is 0.306 e. The Morgan fingerprint density at radius 3 is 2.42 bits per heavy atom. The summed E-state index contributed by atoms with van der Waals surface area (Å²) in [5.74, 6) is 0.323. The van der Waals surface area contributed by atoms with Gasteiger partial charge in [-0.05, 0) is 40.9 Å². The summed E-state index contributed by atoms with van der Waals surface area (Å²) in [5, 5.41) is 0. The third kappa shape index (κ3) is 2.39. The first kappa shape index (κ1) is 12.7. The Bertz CT molecular complexity index is 680. The quantitative estimate of drug-likeness (QED) is 0.832. The van der Waals surface area contributed by atoms with Crippen molar-refractivity contribution in [2.24, 2.45) is 5.92 Å². The molecule has 1 aromatic carbocycles. The number of nitrogens with one attached hydrogen (secondary N) is 2. The van der Waals surface area contributed by atoms with Crippen molar-refractivity contribution in [1.29, 1.82) is 0 Å². The molecule has 0 bridgehead atoms. The molecule has 2 N–H and O–H groups in total. The summed E-state index contributed by atoms with van der Waals surface area (Å²) in [6.07, 6.45) is 5.46. The lowest BCUT2D eigenvalue weighted by Crippen LogP contribution is -2.18. The highest BCUT2D eigenvalue weighted by Gasteiger charge is 2.24. The number of hydrogen-bond donors (Lipinski definition) is 2. The molecule has 1 aromatic heterocycles. The molecule has 0 radical (unpaired) electrons. The Hall–Kier alpha value is -1.36. The summed E-state index contributed by atoms with van der Waals surface area (Å²) in [7, 11) is 0. The topological polar surface area (TPSA) is 65.7 Å². The summed E-state index contributed by atoms with van der Waals surface area (Å²) in [4.78, 5) is 29.2. The molecule has 0 aliphatic heterocycles. The number of fused-ring (bicyclic) bond motifs is 1. The third-order valence-electron chi connectivity index (χ3n) is 3.85. The lowest BCUT2D eigenvalue weighted by molar-refractivity contribution is 0.0889. The fraction of sp³-hybridized carbons (Fsp3) is 0.429. The third-order valence-corrected chi connectivity index (χ3v) is 4.50. The normalized spacial score (nSPS) is 16.9. The average molecular weight is 323 g/mol. The van der Waals surface area contributed by atoms with E-state index < -0.39 is 0 Å². The number of ketones is 1. The maximum Gasteiger partial charge on any atom is 0.323 e. The van der Waals surface area contributed by atoms with E-state index in [9.17, 15) is 9.59 Å². The Morgan fingerprint density at radius 2 is 1.74 bits per heavy atom. The van der Waals surface area contributed by atoms with Crippen LogP contribution >= 0.6 is 15.9 Å². The highest BCUT2D eigenvalue weighted by molar-refractivity contribution is 9.10. The van der Waals surface area contributed by atoms with Crippen LogP contribution in [-0.4, -0.2) is 15.8 Å². The monoisotopic (exact) mass is 322 g/mol. The lowest BCUT2D eigenvalue weighted by atomic mass is 9.84. The number of H-pyrrole nitrogens is 2. The number of imidazole rings is 1. The Morgan fingerprint density at radius 1 is 1.11 bits per heavy atom. The van der Waals surface area contributed by atoms with Crippen molar-refractivity contribution < 1.29 is 4.79 Å². The van der Waals surface area contributed by atoms with Crippen LogP contribution in [0.2, 0.25) is 0 Å². The Labute approximate surface area is 118 Å². The van der Waals surface area contributed by atoms with Gasteiger partial charge >= 0.3 is 5.69 Å². The van der Waals surface area contributed by atoms with Crippen molar-refractivity contribution in [2.45, 2.75) is 32.1 Å². The number of benzene rings is 1. The summed E-state index contributed by atoms with van der Waals surface area (Å²) < 4.78 is 0.755. The fourth-order valence-electron chi connectivity index (χ4n) is 2.83. The van der Waals surface area contributed by atoms with Crippen molar-refractivity contribution in [3.05, 3.63) is 32.7 Å². The molecule has 1 fully saturated rings. The van der Waals surface area contributed by atoms with Crippen LogP contribution in [0.15, 0.2) is 21.4 Å². The molecular weight excluding hydrogens is 308 g/mol. The van der Waals surface area contributed by atoms with Crippen molar-refractivity contribution >= 4 is 32.7 Å². The molecule has 19 heavy (non-hydrogen) atoms. The van der Waals surface area contributed by atoms with Gasteiger partial charge in [-0.1, -0.05) is 19.3 Å². The molecule has 1 heterocycles. The van der Waals surface area contributed by atoms with Crippen LogP contribution in [0.1, 0.15) is 42.5 Å². The van der Waals surface area contributed by atoms with Crippen LogP contribution in [0, 0.1) is 5.92 Å². The zero-order chi connectivity index (χ0) is 13.4. The van der Waals surface area contributed by atoms with E-state index in [4.69, 9.17) is 0 Å². The van der Waals surface area contributed by atoms with Crippen LogP contribution < -0.4 is 5.69 Å². The summed E-state index contributed by atoms with van der Waals surface area (Å²) in [6.45, 7) is 0. The van der Waals surface area contributed by atoms with Gasteiger partial charge in [0.05, 0.1) is 11.0 Å². The van der Waals surface area contributed by atoms with E-state index in [-0.39, 0.29) is 17.4 Å². The first-order chi connectivity index (χ1) is 9.15. The molecule has 100 valence electrons. The average Bonchev–Trinajstić information content (AvgIpc) is 2.77. The second-order valence-electron chi connectivity index (χ2n) is 5.16. The molecule has 4 nitrogen and oxygen atoms in total. The summed E-state index contributed by atoms with van der Waals surface area (Å²) in [6, 6.07) is 3.57. The highest BCUT2D eigenvalue weighted by atomic mass is 79.9.